The van der Waals surface area contributed by atoms with Crippen LogP contribution in [0.2, 0.25) is 0 Å². The number of benzene rings is 1. The van der Waals surface area contributed by atoms with E-state index in [4.69, 9.17) is 0 Å². The van der Waals surface area contributed by atoms with Crippen LogP contribution in [0.15, 0.2) is 18.2 Å². The molecule has 3 atom stereocenters. The van der Waals surface area contributed by atoms with Crippen LogP contribution in [-0.2, 0) is 22.4 Å². The summed E-state index contributed by atoms with van der Waals surface area (Å²) in [6.45, 7) is 3.73. The number of nitrogens with zero attached hydrogens (tertiary/aromatic N) is 1. The highest BCUT2D eigenvalue weighted by molar-refractivity contribution is 6.09. The number of rotatable bonds is 4. The average Bonchev–Trinajstić information content (AvgIpc) is 2.94. The number of hydrogen-bond acceptors (Lipinski definition) is 3. The fourth-order valence-corrected chi connectivity index (χ4v) is 5.18. The Bertz CT molecular complexity index is 837. The van der Waals surface area contributed by atoms with Crippen molar-refractivity contribution in [2.45, 2.75) is 76.8 Å². The lowest BCUT2D eigenvalue weighted by atomic mass is 9.73. The molecular formula is C23H31N3O3. The van der Waals surface area contributed by atoms with Gasteiger partial charge in [-0.05, 0) is 68.1 Å². The third-order valence-electron chi connectivity index (χ3n) is 7.05. The highest BCUT2D eigenvalue weighted by Crippen LogP contribution is 2.38. The number of aryl methyl sites for hydroxylation is 2. The molecule has 4 amide bonds. The topological polar surface area (TPSA) is 78.5 Å². The van der Waals surface area contributed by atoms with E-state index < -0.39 is 11.6 Å². The lowest BCUT2D eigenvalue weighted by Crippen LogP contribution is -2.54. The van der Waals surface area contributed by atoms with Crippen molar-refractivity contribution in [2.75, 3.05) is 6.54 Å². The van der Waals surface area contributed by atoms with E-state index in [0.717, 1.165) is 42.6 Å². The fraction of sp³-hybridized carbons (Fsp3) is 0.609. The molecule has 29 heavy (non-hydrogen) atoms. The van der Waals surface area contributed by atoms with Crippen LogP contribution in [0.4, 0.5) is 4.79 Å². The van der Waals surface area contributed by atoms with Gasteiger partial charge in [0.05, 0.1) is 6.04 Å². The van der Waals surface area contributed by atoms with Crippen molar-refractivity contribution in [3.8, 4) is 0 Å². The first-order valence-corrected chi connectivity index (χ1v) is 11.0. The van der Waals surface area contributed by atoms with Crippen LogP contribution in [0.25, 0.3) is 0 Å². The smallest absolute Gasteiger partial charge is 0.325 e. The Labute approximate surface area is 172 Å². The van der Waals surface area contributed by atoms with Gasteiger partial charge in [-0.25, -0.2) is 4.79 Å². The van der Waals surface area contributed by atoms with Crippen molar-refractivity contribution >= 4 is 17.8 Å². The summed E-state index contributed by atoms with van der Waals surface area (Å²) < 4.78 is 0. The minimum Gasteiger partial charge on any atom is -0.348 e. The molecule has 1 saturated carbocycles. The lowest BCUT2D eigenvalue weighted by Gasteiger charge is -2.36. The summed E-state index contributed by atoms with van der Waals surface area (Å²) in [5.74, 6) is -0.458. The molecule has 6 nitrogen and oxygen atoms in total. The Hall–Kier alpha value is -2.37. The maximum absolute atomic E-state index is 13.0. The van der Waals surface area contributed by atoms with Crippen LogP contribution in [0, 0.1) is 5.92 Å². The van der Waals surface area contributed by atoms with Crippen molar-refractivity contribution < 1.29 is 14.4 Å². The molecule has 4 rings (SSSR count). The van der Waals surface area contributed by atoms with Crippen LogP contribution in [-0.4, -0.2) is 34.8 Å². The van der Waals surface area contributed by atoms with Crippen LogP contribution in [0.1, 0.15) is 75.1 Å². The molecular weight excluding hydrogens is 366 g/mol. The monoisotopic (exact) mass is 397 g/mol. The molecule has 0 unspecified atom stereocenters. The predicted octanol–water partition coefficient (Wildman–Crippen LogP) is 3.24. The molecule has 1 spiro atoms. The Kier molecular flexibility index (Phi) is 5.36. The van der Waals surface area contributed by atoms with Gasteiger partial charge in [-0.3, -0.25) is 14.5 Å². The molecule has 2 N–H and O–H groups in total. The molecule has 1 aromatic carbocycles. The minimum absolute atomic E-state index is 0.0928. The van der Waals surface area contributed by atoms with E-state index >= 15 is 0 Å². The number of carbonyl (C=O) groups is 3. The van der Waals surface area contributed by atoms with Crippen LogP contribution in [0.3, 0.4) is 0 Å². The first kappa shape index (κ1) is 19.9. The second-order valence-corrected chi connectivity index (χ2v) is 8.96. The van der Waals surface area contributed by atoms with Gasteiger partial charge in [0.2, 0.25) is 5.91 Å². The van der Waals surface area contributed by atoms with Crippen LogP contribution in [0.5, 0.6) is 0 Å². The largest absolute Gasteiger partial charge is 0.348 e. The van der Waals surface area contributed by atoms with Crippen molar-refractivity contribution in [3.63, 3.8) is 0 Å². The number of imide groups is 1. The zero-order valence-electron chi connectivity index (χ0n) is 17.4. The van der Waals surface area contributed by atoms with Crippen molar-refractivity contribution in [1.82, 2.24) is 15.5 Å². The van der Waals surface area contributed by atoms with Gasteiger partial charge in [0, 0.05) is 0 Å². The number of fused-ring (bicyclic) bond motifs is 1. The fourth-order valence-electron chi connectivity index (χ4n) is 5.18. The molecule has 2 fully saturated rings. The van der Waals surface area contributed by atoms with Crippen molar-refractivity contribution in [1.29, 1.82) is 0 Å². The third kappa shape index (κ3) is 3.65. The van der Waals surface area contributed by atoms with Gasteiger partial charge in [0.1, 0.15) is 12.1 Å². The van der Waals surface area contributed by atoms with E-state index in [1.165, 1.54) is 24.0 Å². The maximum Gasteiger partial charge on any atom is 0.325 e. The van der Waals surface area contributed by atoms with Crippen LogP contribution < -0.4 is 10.6 Å². The highest BCUT2D eigenvalue weighted by Gasteiger charge is 2.55. The van der Waals surface area contributed by atoms with E-state index in [9.17, 15) is 14.4 Å². The van der Waals surface area contributed by atoms with E-state index in [1.54, 1.807) is 0 Å². The molecule has 0 aromatic heterocycles. The van der Waals surface area contributed by atoms with Gasteiger partial charge in [-0.1, -0.05) is 38.0 Å². The zero-order chi connectivity index (χ0) is 20.6. The van der Waals surface area contributed by atoms with Gasteiger partial charge in [0.15, 0.2) is 0 Å². The first-order valence-electron chi connectivity index (χ1n) is 11.0. The van der Waals surface area contributed by atoms with E-state index in [2.05, 4.69) is 28.8 Å². The summed E-state index contributed by atoms with van der Waals surface area (Å²) in [5.41, 5.74) is 3.02. The minimum atomic E-state index is -0.820. The zero-order valence-corrected chi connectivity index (χ0v) is 17.4. The first-order chi connectivity index (χ1) is 13.9. The molecule has 1 aromatic rings. The molecule has 0 bridgehead atoms. The second-order valence-electron chi connectivity index (χ2n) is 8.96. The predicted molar refractivity (Wildman–Crippen MR) is 110 cm³/mol. The number of nitrogens with one attached hydrogen (secondary N) is 2. The van der Waals surface area contributed by atoms with Crippen LogP contribution >= 0.6 is 0 Å². The molecule has 3 aliphatic rings. The Morgan fingerprint density at radius 2 is 1.97 bits per heavy atom. The SMILES string of the molecule is C[C@H](NC(=O)CN1C(=O)N[C@@]2(CCCC[C@H]2C)C1=O)c1ccc2c(c1)CCCC2. The normalized spacial score (nSPS) is 27.5. The van der Waals surface area contributed by atoms with E-state index in [1.807, 2.05) is 13.8 Å². The summed E-state index contributed by atoms with van der Waals surface area (Å²) in [5, 5.41) is 5.86. The Morgan fingerprint density at radius 3 is 2.72 bits per heavy atom. The number of carbonyl (C=O) groups excluding carboxylic acids is 3. The van der Waals surface area contributed by atoms with E-state index in [-0.39, 0.29) is 30.3 Å². The molecule has 2 aliphatic carbocycles. The quantitative estimate of drug-likeness (QED) is 0.766. The number of hydrogen-bond donors (Lipinski definition) is 2. The van der Waals surface area contributed by atoms with Gasteiger partial charge < -0.3 is 10.6 Å². The Balaban J connectivity index is 1.40. The summed E-state index contributed by atoms with van der Waals surface area (Å²) in [6, 6.07) is 5.81. The average molecular weight is 398 g/mol. The van der Waals surface area contributed by atoms with E-state index in [0.29, 0.717) is 6.42 Å². The summed E-state index contributed by atoms with van der Waals surface area (Å²) in [4.78, 5) is 39.2. The summed E-state index contributed by atoms with van der Waals surface area (Å²) in [7, 11) is 0. The van der Waals surface area contributed by atoms with Crippen molar-refractivity contribution in [2.24, 2.45) is 5.92 Å². The van der Waals surface area contributed by atoms with Gasteiger partial charge in [0.25, 0.3) is 5.91 Å². The van der Waals surface area contributed by atoms with Gasteiger partial charge >= 0.3 is 6.03 Å². The Morgan fingerprint density at radius 1 is 1.21 bits per heavy atom. The summed E-state index contributed by atoms with van der Waals surface area (Å²) >= 11 is 0. The van der Waals surface area contributed by atoms with Gasteiger partial charge in [-0.15, -0.1) is 0 Å². The molecule has 156 valence electrons. The summed E-state index contributed by atoms with van der Waals surface area (Å²) in [6.07, 6.45) is 8.24. The van der Waals surface area contributed by atoms with Crippen molar-refractivity contribution in [3.05, 3.63) is 34.9 Å². The number of amides is 4. The third-order valence-corrected chi connectivity index (χ3v) is 7.05. The van der Waals surface area contributed by atoms with Gasteiger partial charge in [-0.2, -0.15) is 0 Å². The second kappa shape index (κ2) is 7.81. The standard InChI is InChI=1S/C23H31N3O3/c1-15-7-5-6-12-23(15)21(28)26(22(29)25-23)14-20(27)24-16(2)18-11-10-17-8-3-4-9-19(17)13-18/h10-11,13,15-16H,3-9,12,14H2,1-2H3,(H,24,27)(H,25,29)/t15-,16+,23-/m1/s1. The molecule has 6 heteroatoms. The maximum atomic E-state index is 13.0. The molecule has 1 aliphatic heterocycles. The lowest BCUT2D eigenvalue weighted by molar-refractivity contribution is -0.137. The highest BCUT2D eigenvalue weighted by atomic mass is 16.2. The molecule has 1 heterocycles. The molecule has 0 radical (unpaired) electrons. The molecule has 1 saturated heterocycles. The number of urea groups is 1.